The molecule has 1 aliphatic heterocycles. The van der Waals surface area contributed by atoms with Gasteiger partial charge in [0, 0.05) is 25.3 Å². The van der Waals surface area contributed by atoms with Crippen LogP contribution in [0.2, 0.25) is 0 Å². The Morgan fingerprint density at radius 2 is 2.32 bits per heavy atom. The van der Waals surface area contributed by atoms with Crippen LogP contribution in [-0.4, -0.2) is 32.3 Å². The fourth-order valence-corrected chi connectivity index (χ4v) is 2.47. The lowest BCUT2D eigenvalue weighted by atomic mass is 10.1. The summed E-state index contributed by atoms with van der Waals surface area (Å²) in [5, 5.41) is 8.09. The highest BCUT2D eigenvalue weighted by atomic mass is 15.3. The van der Waals surface area contributed by atoms with Crippen LogP contribution in [0.25, 0.3) is 0 Å². The maximum absolute atomic E-state index is 5.91. The maximum Gasteiger partial charge on any atom is 0.152 e. The number of nitrogens with two attached hydrogens (primary N) is 1. The fourth-order valence-electron chi connectivity index (χ4n) is 2.47. The lowest BCUT2D eigenvalue weighted by molar-refractivity contribution is 0.553. The highest BCUT2D eigenvalue weighted by Crippen LogP contribution is 2.22. The van der Waals surface area contributed by atoms with E-state index in [0.717, 1.165) is 37.7 Å². The second kappa shape index (κ2) is 4.97. The summed E-state index contributed by atoms with van der Waals surface area (Å²) in [6.45, 7) is 4.59. The van der Waals surface area contributed by atoms with Gasteiger partial charge in [0.05, 0.1) is 6.54 Å². The Hall–Kier alpha value is -1.95. The zero-order valence-corrected chi connectivity index (χ0v) is 11.0. The molecule has 0 saturated carbocycles. The van der Waals surface area contributed by atoms with Gasteiger partial charge >= 0.3 is 0 Å². The van der Waals surface area contributed by atoms with E-state index >= 15 is 0 Å². The van der Waals surface area contributed by atoms with Gasteiger partial charge in [0.25, 0.3) is 0 Å². The van der Waals surface area contributed by atoms with Gasteiger partial charge in [0.2, 0.25) is 0 Å². The lowest BCUT2D eigenvalue weighted by Crippen LogP contribution is -2.35. The Labute approximate surface area is 112 Å². The van der Waals surface area contributed by atoms with Crippen LogP contribution in [0, 0.1) is 0 Å². The summed E-state index contributed by atoms with van der Waals surface area (Å²) in [5.74, 6) is 2.01. The van der Waals surface area contributed by atoms with Crippen molar-refractivity contribution in [1.82, 2.24) is 19.7 Å². The minimum Gasteiger partial charge on any atom is -0.347 e. The van der Waals surface area contributed by atoms with Gasteiger partial charge < -0.3 is 15.2 Å². The Morgan fingerprint density at radius 3 is 3.16 bits per heavy atom. The molecule has 2 aromatic rings. The van der Waals surface area contributed by atoms with E-state index in [9.17, 15) is 0 Å². The summed E-state index contributed by atoms with van der Waals surface area (Å²) in [7, 11) is 0. The maximum atomic E-state index is 5.91. The molecule has 0 fully saturated rings. The van der Waals surface area contributed by atoms with E-state index in [0.29, 0.717) is 0 Å². The average molecular weight is 258 g/mol. The molecule has 6 heteroatoms. The first kappa shape index (κ1) is 12.1. The molecule has 0 aliphatic carbocycles. The molecule has 19 heavy (non-hydrogen) atoms. The van der Waals surface area contributed by atoms with Gasteiger partial charge in [-0.15, -0.1) is 10.2 Å². The monoisotopic (exact) mass is 258 g/mol. The van der Waals surface area contributed by atoms with Gasteiger partial charge in [-0.1, -0.05) is 6.07 Å². The van der Waals surface area contributed by atoms with Crippen LogP contribution in [0.4, 0.5) is 5.82 Å². The minimum absolute atomic E-state index is 0.136. The van der Waals surface area contributed by atoms with Crippen molar-refractivity contribution in [3.8, 4) is 0 Å². The molecule has 0 saturated heterocycles. The Balaban J connectivity index is 1.87. The van der Waals surface area contributed by atoms with E-state index in [1.807, 2.05) is 19.2 Å². The summed E-state index contributed by atoms with van der Waals surface area (Å²) in [4.78, 5) is 6.78. The van der Waals surface area contributed by atoms with Crippen LogP contribution in [0.15, 0.2) is 24.7 Å². The first-order valence-electron chi connectivity index (χ1n) is 6.55. The van der Waals surface area contributed by atoms with Gasteiger partial charge in [0.15, 0.2) is 5.82 Å². The van der Waals surface area contributed by atoms with Crippen molar-refractivity contribution in [3.63, 3.8) is 0 Å². The normalized spacial score (nSPS) is 16.2. The highest BCUT2D eigenvalue weighted by Gasteiger charge is 2.20. The molecule has 3 heterocycles. The summed E-state index contributed by atoms with van der Waals surface area (Å²) in [5.41, 5.74) is 7.11. The van der Waals surface area contributed by atoms with E-state index in [2.05, 4.69) is 30.7 Å². The molecule has 0 spiro atoms. The van der Waals surface area contributed by atoms with Crippen molar-refractivity contribution in [2.75, 3.05) is 11.4 Å². The van der Waals surface area contributed by atoms with Crippen LogP contribution in [0.3, 0.4) is 0 Å². The van der Waals surface area contributed by atoms with Crippen LogP contribution in [-0.2, 0) is 19.5 Å². The van der Waals surface area contributed by atoms with Gasteiger partial charge in [-0.2, -0.15) is 0 Å². The van der Waals surface area contributed by atoms with Crippen LogP contribution in [0.5, 0.6) is 0 Å². The van der Waals surface area contributed by atoms with Crippen molar-refractivity contribution in [2.45, 2.75) is 32.5 Å². The minimum atomic E-state index is 0.136. The molecular formula is C13H18N6. The van der Waals surface area contributed by atoms with Gasteiger partial charge in [0.1, 0.15) is 12.1 Å². The van der Waals surface area contributed by atoms with Crippen LogP contribution >= 0.6 is 0 Å². The molecule has 3 rings (SSSR count). The van der Waals surface area contributed by atoms with Crippen molar-refractivity contribution < 1.29 is 0 Å². The topological polar surface area (TPSA) is 72.9 Å². The molecular weight excluding hydrogens is 240 g/mol. The van der Waals surface area contributed by atoms with Crippen LogP contribution in [0.1, 0.15) is 18.3 Å². The number of hydrogen-bond donors (Lipinski definition) is 1. The van der Waals surface area contributed by atoms with E-state index in [4.69, 9.17) is 5.73 Å². The van der Waals surface area contributed by atoms with Crippen molar-refractivity contribution in [1.29, 1.82) is 0 Å². The zero-order valence-electron chi connectivity index (χ0n) is 11.0. The summed E-state index contributed by atoms with van der Waals surface area (Å²) in [6.07, 6.45) is 4.46. The number of rotatable bonds is 3. The summed E-state index contributed by atoms with van der Waals surface area (Å²) in [6, 6.07) is 4.20. The lowest BCUT2D eigenvalue weighted by Gasteiger charge is -2.29. The number of anilines is 1. The molecule has 1 aliphatic rings. The average Bonchev–Trinajstić information content (AvgIpc) is 2.86. The number of pyridine rings is 1. The third-order valence-electron chi connectivity index (χ3n) is 3.35. The second-order valence-corrected chi connectivity index (χ2v) is 5.03. The highest BCUT2D eigenvalue weighted by molar-refractivity contribution is 5.47. The number of aromatic nitrogens is 4. The SMILES string of the molecule is CC(N)Cc1cccnc1N1CCn2cnnc2C1. The van der Waals surface area contributed by atoms with Gasteiger partial charge in [-0.25, -0.2) is 4.98 Å². The first-order valence-corrected chi connectivity index (χ1v) is 6.55. The zero-order chi connectivity index (χ0) is 13.2. The van der Waals surface area contributed by atoms with Crippen molar-refractivity contribution >= 4 is 5.82 Å². The Morgan fingerprint density at radius 1 is 1.42 bits per heavy atom. The van der Waals surface area contributed by atoms with Crippen molar-refractivity contribution in [3.05, 3.63) is 36.0 Å². The predicted molar refractivity (Wildman–Crippen MR) is 72.7 cm³/mol. The van der Waals surface area contributed by atoms with E-state index in [1.165, 1.54) is 5.56 Å². The molecule has 100 valence electrons. The smallest absolute Gasteiger partial charge is 0.152 e. The number of nitrogens with zero attached hydrogens (tertiary/aromatic N) is 5. The third kappa shape index (κ3) is 2.44. The predicted octanol–water partition coefficient (Wildman–Crippen LogP) is 0.583. The van der Waals surface area contributed by atoms with Crippen molar-refractivity contribution in [2.24, 2.45) is 5.73 Å². The van der Waals surface area contributed by atoms with Gasteiger partial charge in [-0.3, -0.25) is 0 Å². The molecule has 6 nitrogen and oxygen atoms in total. The summed E-state index contributed by atoms with van der Waals surface area (Å²) < 4.78 is 2.09. The van der Waals surface area contributed by atoms with E-state index < -0.39 is 0 Å². The first-order chi connectivity index (χ1) is 9.24. The van der Waals surface area contributed by atoms with E-state index in [-0.39, 0.29) is 6.04 Å². The van der Waals surface area contributed by atoms with Gasteiger partial charge in [-0.05, 0) is 25.0 Å². The standard InChI is InChI=1S/C13H18N6/c1-10(14)7-11-3-2-4-15-13(11)18-5-6-19-9-16-17-12(19)8-18/h2-4,9-10H,5-8,14H2,1H3. The molecule has 2 N–H and O–H groups in total. The Bertz CT molecular complexity index is 562. The quantitative estimate of drug-likeness (QED) is 0.872. The molecule has 0 bridgehead atoms. The molecule has 0 aromatic carbocycles. The number of hydrogen-bond acceptors (Lipinski definition) is 5. The van der Waals surface area contributed by atoms with Crippen LogP contribution < -0.4 is 10.6 Å². The molecule has 2 aromatic heterocycles. The fraction of sp³-hybridized carbons (Fsp3) is 0.462. The summed E-state index contributed by atoms with van der Waals surface area (Å²) >= 11 is 0. The molecule has 1 atom stereocenters. The molecule has 0 radical (unpaired) electrons. The second-order valence-electron chi connectivity index (χ2n) is 5.03. The molecule has 0 amide bonds. The Kier molecular flexibility index (Phi) is 3.16. The number of fused-ring (bicyclic) bond motifs is 1. The largest absolute Gasteiger partial charge is 0.347 e. The molecule has 1 unspecified atom stereocenters. The third-order valence-corrected chi connectivity index (χ3v) is 3.35. The van der Waals surface area contributed by atoms with E-state index in [1.54, 1.807) is 6.33 Å².